The topological polar surface area (TPSA) is 98.8 Å². The van der Waals surface area contributed by atoms with E-state index >= 15 is 0 Å². The molecule has 2 N–H and O–H groups in total. The molecule has 1 atom stereocenters. The van der Waals surface area contributed by atoms with Gasteiger partial charge in [0, 0.05) is 25.3 Å². The number of urea groups is 1. The zero-order valence-electron chi connectivity index (χ0n) is 18.0. The van der Waals surface area contributed by atoms with Crippen molar-refractivity contribution < 1.29 is 22.4 Å². The van der Waals surface area contributed by atoms with Crippen molar-refractivity contribution in [3.63, 3.8) is 0 Å². The van der Waals surface area contributed by atoms with Crippen LogP contribution in [0.2, 0.25) is 5.02 Å². The second-order valence-electron chi connectivity index (χ2n) is 8.13. The molecule has 4 rings (SSSR count). The molecule has 2 aromatic carbocycles. The summed E-state index contributed by atoms with van der Waals surface area (Å²) >= 11 is 5.91. The van der Waals surface area contributed by atoms with E-state index in [2.05, 4.69) is 10.0 Å². The first-order valence-corrected chi connectivity index (χ1v) is 12.5. The Bertz CT molecular complexity index is 1200. The number of rotatable bonds is 5. The minimum absolute atomic E-state index is 0.00469. The summed E-state index contributed by atoms with van der Waals surface area (Å²) in [6.45, 7) is 3.38. The Morgan fingerprint density at radius 1 is 1.09 bits per heavy atom. The predicted octanol–water partition coefficient (Wildman–Crippen LogP) is 3.36. The Labute approximate surface area is 196 Å². The number of hydrogen-bond donors (Lipinski definition) is 2. The van der Waals surface area contributed by atoms with Gasteiger partial charge in [0.25, 0.3) is 0 Å². The average molecular weight is 495 g/mol. The SMILES string of the molecule is CC(NS(=O)(=O)c1ccc2c(c1)CCN2C(=O)N1CCCC1)C(=O)Nc1ccc(F)cc1Cl. The summed E-state index contributed by atoms with van der Waals surface area (Å²) in [5.41, 5.74) is 1.65. The number of carbonyl (C=O) groups excluding carboxylic acids is 2. The maximum Gasteiger partial charge on any atom is 0.324 e. The first-order valence-electron chi connectivity index (χ1n) is 10.6. The van der Waals surface area contributed by atoms with Gasteiger partial charge in [-0.15, -0.1) is 0 Å². The van der Waals surface area contributed by atoms with E-state index in [9.17, 15) is 22.4 Å². The molecule has 2 aliphatic heterocycles. The zero-order chi connectivity index (χ0) is 23.8. The summed E-state index contributed by atoms with van der Waals surface area (Å²) in [4.78, 5) is 28.7. The highest BCUT2D eigenvalue weighted by molar-refractivity contribution is 7.89. The van der Waals surface area contributed by atoms with Gasteiger partial charge in [-0.05, 0) is 68.1 Å². The first kappa shape index (κ1) is 23.5. The number of nitrogens with one attached hydrogen (secondary N) is 2. The van der Waals surface area contributed by atoms with Crippen molar-refractivity contribution in [3.05, 3.63) is 52.8 Å². The van der Waals surface area contributed by atoms with Crippen molar-refractivity contribution >= 4 is 44.9 Å². The van der Waals surface area contributed by atoms with Crippen molar-refractivity contribution in [2.45, 2.75) is 37.1 Å². The highest BCUT2D eigenvalue weighted by atomic mass is 35.5. The van der Waals surface area contributed by atoms with Gasteiger partial charge in [-0.2, -0.15) is 4.72 Å². The molecule has 11 heteroatoms. The van der Waals surface area contributed by atoms with Gasteiger partial charge in [0.1, 0.15) is 5.82 Å². The number of benzene rings is 2. The molecule has 0 spiro atoms. The molecule has 2 aliphatic rings. The van der Waals surface area contributed by atoms with E-state index in [1.807, 2.05) is 4.90 Å². The molecule has 0 bridgehead atoms. The lowest BCUT2D eigenvalue weighted by atomic mass is 10.2. The quantitative estimate of drug-likeness (QED) is 0.665. The molecule has 0 aliphatic carbocycles. The number of halogens is 2. The first-order chi connectivity index (χ1) is 15.7. The van der Waals surface area contributed by atoms with E-state index in [0.717, 1.165) is 43.6 Å². The number of anilines is 2. The van der Waals surface area contributed by atoms with Gasteiger partial charge in [0.15, 0.2) is 0 Å². The maximum atomic E-state index is 13.2. The fraction of sp³-hybridized carbons (Fsp3) is 0.364. The minimum Gasteiger partial charge on any atom is -0.324 e. The molecular formula is C22H24ClFN4O4S. The van der Waals surface area contributed by atoms with E-state index in [1.54, 1.807) is 11.0 Å². The number of amides is 3. The second kappa shape index (κ2) is 9.28. The smallest absolute Gasteiger partial charge is 0.324 e. The number of fused-ring (bicyclic) bond motifs is 1. The fourth-order valence-corrected chi connectivity index (χ4v) is 5.48. The Hall–Kier alpha value is -2.69. The standard InChI is InChI=1S/C22H24ClFN4O4S/c1-14(21(29)25-19-6-4-16(24)13-18(19)23)26-33(31,32)17-5-7-20-15(12-17)8-11-28(20)22(30)27-9-2-3-10-27/h4-7,12-14,26H,2-3,8-11H2,1H3,(H,25,29). The van der Waals surface area contributed by atoms with Crippen molar-refractivity contribution in [1.29, 1.82) is 0 Å². The average Bonchev–Trinajstić information content (AvgIpc) is 3.44. The van der Waals surface area contributed by atoms with Crippen LogP contribution in [0.1, 0.15) is 25.3 Å². The molecule has 8 nitrogen and oxygen atoms in total. The molecule has 2 heterocycles. The number of carbonyl (C=O) groups is 2. The molecular weight excluding hydrogens is 471 g/mol. The summed E-state index contributed by atoms with van der Waals surface area (Å²) in [6, 6.07) is 6.92. The summed E-state index contributed by atoms with van der Waals surface area (Å²) < 4.78 is 41.3. The van der Waals surface area contributed by atoms with Crippen LogP contribution < -0.4 is 14.9 Å². The Balaban J connectivity index is 1.45. The molecule has 3 amide bonds. The van der Waals surface area contributed by atoms with E-state index in [4.69, 9.17) is 11.6 Å². The largest absolute Gasteiger partial charge is 0.324 e. The predicted molar refractivity (Wildman–Crippen MR) is 124 cm³/mol. The third-order valence-electron chi connectivity index (χ3n) is 5.78. The van der Waals surface area contributed by atoms with Gasteiger partial charge in [-0.25, -0.2) is 17.6 Å². The zero-order valence-corrected chi connectivity index (χ0v) is 19.5. The normalized spacial score (nSPS) is 16.6. The highest BCUT2D eigenvalue weighted by Gasteiger charge is 2.31. The lowest BCUT2D eigenvalue weighted by Gasteiger charge is -2.24. The van der Waals surface area contributed by atoms with Crippen LogP contribution in [0.5, 0.6) is 0 Å². The minimum atomic E-state index is -4.01. The molecule has 0 aromatic heterocycles. The monoisotopic (exact) mass is 494 g/mol. The van der Waals surface area contributed by atoms with Crippen molar-refractivity contribution in [1.82, 2.24) is 9.62 Å². The lowest BCUT2D eigenvalue weighted by molar-refractivity contribution is -0.117. The molecule has 33 heavy (non-hydrogen) atoms. The number of nitrogens with zero attached hydrogens (tertiary/aromatic N) is 2. The van der Waals surface area contributed by atoms with Crippen LogP contribution >= 0.6 is 11.6 Å². The van der Waals surface area contributed by atoms with Gasteiger partial charge < -0.3 is 10.2 Å². The van der Waals surface area contributed by atoms with Crippen LogP contribution in [0, 0.1) is 5.82 Å². The molecule has 1 unspecified atom stereocenters. The number of sulfonamides is 1. The van der Waals surface area contributed by atoms with Gasteiger partial charge in [-0.3, -0.25) is 9.69 Å². The van der Waals surface area contributed by atoms with Crippen LogP contribution in [0.15, 0.2) is 41.3 Å². The Morgan fingerprint density at radius 2 is 1.82 bits per heavy atom. The Kier molecular flexibility index (Phi) is 6.60. The Morgan fingerprint density at radius 3 is 2.52 bits per heavy atom. The number of hydrogen-bond acceptors (Lipinski definition) is 4. The third-order valence-corrected chi connectivity index (χ3v) is 7.63. The molecule has 0 radical (unpaired) electrons. The maximum absolute atomic E-state index is 13.2. The fourth-order valence-electron chi connectivity index (χ4n) is 4.01. The highest BCUT2D eigenvalue weighted by Crippen LogP contribution is 2.31. The van der Waals surface area contributed by atoms with Crippen LogP contribution in [0.4, 0.5) is 20.6 Å². The van der Waals surface area contributed by atoms with Crippen LogP contribution in [-0.2, 0) is 21.2 Å². The van der Waals surface area contributed by atoms with E-state index in [0.29, 0.717) is 18.7 Å². The molecule has 1 fully saturated rings. The van der Waals surface area contributed by atoms with E-state index in [-0.39, 0.29) is 21.6 Å². The van der Waals surface area contributed by atoms with Crippen LogP contribution in [0.25, 0.3) is 0 Å². The van der Waals surface area contributed by atoms with E-state index < -0.39 is 27.8 Å². The van der Waals surface area contributed by atoms with Gasteiger partial charge >= 0.3 is 6.03 Å². The molecule has 176 valence electrons. The number of likely N-dealkylation sites (tertiary alicyclic amines) is 1. The van der Waals surface area contributed by atoms with Crippen molar-refractivity contribution in [2.75, 3.05) is 29.9 Å². The van der Waals surface area contributed by atoms with Gasteiger partial charge in [-0.1, -0.05) is 11.6 Å². The van der Waals surface area contributed by atoms with Crippen molar-refractivity contribution in [3.8, 4) is 0 Å². The second-order valence-corrected chi connectivity index (χ2v) is 10.2. The molecule has 0 saturated carbocycles. The van der Waals surface area contributed by atoms with E-state index in [1.165, 1.54) is 25.1 Å². The van der Waals surface area contributed by atoms with Crippen LogP contribution in [-0.4, -0.2) is 50.9 Å². The lowest BCUT2D eigenvalue weighted by Crippen LogP contribution is -2.41. The molecule has 1 saturated heterocycles. The third kappa shape index (κ3) is 4.97. The summed E-state index contributed by atoms with van der Waals surface area (Å²) in [6.07, 6.45) is 2.54. The summed E-state index contributed by atoms with van der Waals surface area (Å²) in [5.74, 6) is -1.19. The van der Waals surface area contributed by atoms with Gasteiger partial charge in [0.2, 0.25) is 15.9 Å². The van der Waals surface area contributed by atoms with Gasteiger partial charge in [0.05, 0.1) is 21.6 Å². The summed E-state index contributed by atoms with van der Waals surface area (Å²) in [7, 11) is -4.01. The van der Waals surface area contributed by atoms with Crippen LogP contribution in [0.3, 0.4) is 0 Å². The molecule has 2 aromatic rings. The summed E-state index contributed by atoms with van der Waals surface area (Å²) in [5, 5.41) is 2.49. The van der Waals surface area contributed by atoms with Crippen molar-refractivity contribution in [2.24, 2.45) is 0 Å².